The van der Waals surface area contributed by atoms with E-state index in [1.807, 2.05) is 0 Å². The van der Waals surface area contributed by atoms with Gasteiger partial charge in [0.25, 0.3) is 5.91 Å². The molecule has 0 bridgehead atoms. The van der Waals surface area contributed by atoms with E-state index in [1.165, 1.54) is 6.26 Å². The monoisotopic (exact) mass is 440 g/mol. The van der Waals surface area contributed by atoms with Gasteiger partial charge in [-0.15, -0.1) is 11.8 Å². The topological polar surface area (TPSA) is 32.3 Å². The summed E-state index contributed by atoms with van der Waals surface area (Å²) in [6.07, 6.45) is -4.23. The van der Waals surface area contributed by atoms with Gasteiger partial charge in [0.15, 0.2) is 0 Å². The molecule has 1 aliphatic heterocycles. The van der Waals surface area contributed by atoms with Crippen LogP contribution in [0.25, 0.3) is 0 Å². The standard InChI is InChI=1S/C19H22F6N2OS/c1-29-15-10-11(18(20,21)22)9-12(19(23,24)25)16(15)17(28)26-13-5-4-6-14(13)27-7-2-3-8-27/h9-10,13-14H,2-8H2,1H3,(H,26,28)/t13-,14+/m0/s1. The number of hydrogen-bond donors (Lipinski definition) is 1. The maximum absolute atomic E-state index is 13.6. The van der Waals surface area contributed by atoms with Crippen LogP contribution in [0.4, 0.5) is 26.3 Å². The predicted molar refractivity (Wildman–Crippen MR) is 97.9 cm³/mol. The molecular formula is C19H22F6N2OS. The first-order valence-electron chi connectivity index (χ1n) is 9.43. The highest BCUT2D eigenvalue weighted by atomic mass is 32.2. The van der Waals surface area contributed by atoms with Gasteiger partial charge in [0.05, 0.1) is 16.7 Å². The Morgan fingerprint density at radius 1 is 1.03 bits per heavy atom. The van der Waals surface area contributed by atoms with Crippen LogP contribution in [0.1, 0.15) is 53.6 Å². The fraction of sp³-hybridized carbons (Fsp3) is 0.632. The van der Waals surface area contributed by atoms with Crippen molar-refractivity contribution in [2.45, 2.75) is 61.4 Å². The molecule has 1 aliphatic carbocycles. The highest BCUT2D eigenvalue weighted by Crippen LogP contribution is 2.41. The van der Waals surface area contributed by atoms with E-state index in [9.17, 15) is 31.1 Å². The van der Waals surface area contributed by atoms with Gasteiger partial charge in [-0.2, -0.15) is 26.3 Å². The number of nitrogens with zero attached hydrogens (tertiary/aromatic N) is 1. The molecule has 3 nitrogen and oxygen atoms in total. The van der Waals surface area contributed by atoms with Crippen LogP contribution in [0.3, 0.4) is 0 Å². The number of thioether (sulfide) groups is 1. The highest BCUT2D eigenvalue weighted by Gasteiger charge is 2.42. The zero-order valence-corrected chi connectivity index (χ0v) is 16.6. The van der Waals surface area contributed by atoms with Crippen LogP contribution in [0, 0.1) is 0 Å². The van der Waals surface area contributed by atoms with Crippen molar-refractivity contribution in [2.24, 2.45) is 0 Å². The van der Waals surface area contributed by atoms with Crippen molar-refractivity contribution in [3.05, 3.63) is 28.8 Å². The minimum absolute atomic E-state index is 0.0290. The number of hydrogen-bond acceptors (Lipinski definition) is 3. The van der Waals surface area contributed by atoms with Gasteiger partial charge in [-0.1, -0.05) is 0 Å². The summed E-state index contributed by atoms with van der Waals surface area (Å²) < 4.78 is 79.9. The number of nitrogens with one attached hydrogen (secondary N) is 1. The molecule has 1 aromatic carbocycles. The van der Waals surface area contributed by atoms with Crippen molar-refractivity contribution in [1.82, 2.24) is 10.2 Å². The summed E-state index contributed by atoms with van der Waals surface area (Å²) in [4.78, 5) is 14.8. The molecule has 10 heteroatoms. The number of carbonyl (C=O) groups excluding carboxylic acids is 1. The fourth-order valence-corrected chi connectivity index (χ4v) is 4.91. The van der Waals surface area contributed by atoms with E-state index in [0.717, 1.165) is 38.8 Å². The van der Waals surface area contributed by atoms with Gasteiger partial charge in [-0.25, -0.2) is 0 Å². The zero-order valence-electron chi connectivity index (χ0n) is 15.8. The normalized spacial score (nSPS) is 23.6. The van der Waals surface area contributed by atoms with E-state index in [0.29, 0.717) is 24.2 Å². The Morgan fingerprint density at radius 2 is 1.69 bits per heavy atom. The zero-order chi connectivity index (χ0) is 21.4. The number of halogens is 6. The minimum atomic E-state index is -5.08. The molecule has 2 atom stereocenters. The molecule has 0 radical (unpaired) electrons. The average molecular weight is 440 g/mol. The predicted octanol–water partition coefficient (Wildman–Crippen LogP) is 5.19. The van der Waals surface area contributed by atoms with Crippen LogP contribution in [0.15, 0.2) is 17.0 Å². The summed E-state index contributed by atoms with van der Waals surface area (Å²) in [6, 6.07) is 0.393. The van der Waals surface area contributed by atoms with Crippen LogP contribution in [-0.4, -0.2) is 42.2 Å². The molecule has 1 amide bonds. The molecule has 2 fully saturated rings. The molecule has 1 aromatic rings. The Morgan fingerprint density at radius 3 is 2.24 bits per heavy atom. The van der Waals surface area contributed by atoms with Crippen molar-refractivity contribution >= 4 is 17.7 Å². The van der Waals surface area contributed by atoms with Crippen LogP contribution in [0.5, 0.6) is 0 Å². The molecule has 2 aliphatic rings. The molecule has 0 aromatic heterocycles. The lowest BCUT2D eigenvalue weighted by Gasteiger charge is -2.30. The van der Waals surface area contributed by atoms with Crippen LogP contribution < -0.4 is 5.32 Å². The van der Waals surface area contributed by atoms with Gasteiger partial charge in [0.2, 0.25) is 0 Å². The summed E-state index contributed by atoms with van der Waals surface area (Å²) in [5.41, 5.74) is -3.70. The number of alkyl halides is 6. The summed E-state index contributed by atoms with van der Waals surface area (Å²) in [7, 11) is 0. The highest BCUT2D eigenvalue weighted by molar-refractivity contribution is 7.98. The number of amides is 1. The van der Waals surface area contributed by atoms with E-state index >= 15 is 0 Å². The lowest BCUT2D eigenvalue weighted by Crippen LogP contribution is -2.48. The maximum atomic E-state index is 13.6. The van der Waals surface area contributed by atoms with Gasteiger partial charge in [0, 0.05) is 17.0 Å². The molecule has 1 saturated carbocycles. The Hall–Kier alpha value is -1.42. The minimum Gasteiger partial charge on any atom is -0.348 e. The largest absolute Gasteiger partial charge is 0.417 e. The third-order valence-electron chi connectivity index (χ3n) is 5.59. The van der Waals surface area contributed by atoms with Gasteiger partial charge < -0.3 is 5.32 Å². The van der Waals surface area contributed by atoms with Crippen LogP contribution >= 0.6 is 11.8 Å². The summed E-state index contributed by atoms with van der Waals surface area (Å²) >= 11 is 0.697. The Labute approximate surface area is 169 Å². The maximum Gasteiger partial charge on any atom is 0.417 e. The van der Waals surface area contributed by atoms with Crippen molar-refractivity contribution in [3.63, 3.8) is 0 Å². The van der Waals surface area contributed by atoms with Crippen molar-refractivity contribution in [1.29, 1.82) is 0 Å². The van der Waals surface area contributed by atoms with E-state index in [4.69, 9.17) is 0 Å². The lowest BCUT2D eigenvalue weighted by molar-refractivity contribution is -0.143. The third-order valence-corrected chi connectivity index (χ3v) is 6.35. The summed E-state index contributed by atoms with van der Waals surface area (Å²) in [5.74, 6) is -0.966. The molecule has 29 heavy (non-hydrogen) atoms. The molecule has 1 saturated heterocycles. The van der Waals surface area contributed by atoms with E-state index < -0.39 is 35.0 Å². The number of rotatable bonds is 4. The Kier molecular flexibility index (Phi) is 6.43. The molecule has 0 spiro atoms. The van der Waals surface area contributed by atoms with E-state index in [-0.39, 0.29) is 23.0 Å². The number of likely N-dealkylation sites (tertiary alicyclic amines) is 1. The summed E-state index contributed by atoms with van der Waals surface area (Å²) in [5, 5.41) is 2.69. The molecule has 1 N–H and O–H groups in total. The van der Waals surface area contributed by atoms with E-state index in [2.05, 4.69) is 10.2 Å². The Balaban J connectivity index is 1.94. The quantitative estimate of drug-likeness (QED) is 0.517. The van der Waals surface area contributed by atoms with Crippen molar-refractivity contribution in [2.75, 3.05) is 19.3 Å². The second-order valence-corrected chi connectivity index (χ2v) is 8.27. The average Bonchev–Trinajstić information content (AvgIpc) is 3.30. The lowest BCUT2D eigenvalue weighted by atomic mass is 10.0. The Bertz CT molecular complexity index is 758. The molecule has 1 heterocycles. The first-order valence-corrected chi connectivity index (χ1v) is 10.7. The van der Waals surface area contributed by atoms with Crippen LogP contribution in [-0.2, 0) is 12.4 Å². The molecule has 3 rings (SSSR count). The first kappa shape index (κ1) is 22.3. The van der Waals surface area contributed by atoms with Crippen LogP contribution in [0.2, 0.25) is 0 Å². The van der Waals surface area contributed by atoms with E-state index in [1.54, 1.807) is 0 Å². The molecule has 162 valence electrons. The van der Waals surface area contributed by atoms with Crippen molar-refractivity contribution in [3.8, 4) is 0 Å². The second-order valence-electron chi connectivity index (χ2n) is 7.42. The van der Waals surface area contributed by atoms with Gasteiger partial charge in [-0.05, 0) is 63.6 Å². The summed E-state index contributed by atoms with van der Waals surface area (Å²) in [6.45, 7) is 1.78. The number of carbonyl (C=O) groups is 1. The molecule has 0 unspecified atom stereocenters. The van der Waals surface area contributed by atoms with Gasteiger partial charge in [0.1, 0.15) is 0 Å². The van der Waals surface area contributed by atoms with Gasteiger partial charge in [-0.3, -0.25) is 9.69 Å². The van der Waals surface area contributed by atoms with Gasteiger partial charge >= 0.3 is 12.4 Å². The first-order chi connectivity index (χ1) is 13.5. The second kappa shape index (κ2) is 8.37. The van der Waals surface area contributed by atoms with Crippen molar-refractivity contribution < 1.29 is 31.1 Å². The fourth-order valence-electron chi connectivity index (χ4n) is 4.26. The smallest absolute Gasteiger partial charge is 0.348 e. The SMILES string of the molecule is CSc1cc(C(F)(F)F)cc(C(F)(F)F)c1C(=O)N[C@H]1CCC[C@H]1N1CCCC1. The molecular weight excluding hydrogens is 418 g/mol. The number of benzene rings is 1. The third kappa shape index (κ3) is 4.84.